The summed E-state index contributed by atoms with van der Waals surface area (Å²) in [5, 5.41) is 68.9. The van der Waals surface area contributed by atoms with E-state index in [1.54, 1.807) is 91.0 Å². The Balaban J connectivity index is 1.59. The quantitative estimate of drug-likeness (QED) is 0.0103. The van der Waals surface area contributed by atoms with Gasteiger partial charge in [0, 0.05) is 37.4 Å². The predicted molar refractivity (Wildman–Crippen MR) is 272 cm³/mol. The number of rotatable bonds is 30. The van der Waals surface area contributed by atoms with Crippen molar-refractivity contribution >= 4 is 76.3 Å². The van der Waals surface area contributed by atoms with Crippen LogP contribution in [0.15, 0.2) is 114 Å². The van der Waals surface area contributed by atoms with Crippen LogP contribution < -0.4 is 48.7 Å². The summed E-state index contributed by atoms with van der Waals surface area (Å²) in [4.78, 5) is 145. The molecule has 0 spiro atoms. The Bertz CT molecular complexity index is 2800. The standard InChI is InChI=1S/C49H56N12O16/c50-49(51)52-22-10-17-33(43(68)55-34(20-21-40(63)64)44(69)58-37(26-41(65)66)47(72)53-32-19-18-31(60(74)75)25-39(32)61(76)77)54-48(73)38(27-62)59-46(71)36(24-29-13-6-2-7-14-29)57-45(70)35(23-28-11-4-1-5-12-28)56-42(67)30-15-8-3-9-16-30/h1-9,11-16,18-19,25,33-38,62H,10,17,20-24,26-27H2,(H,53,72)(H,54,73)(H,55,68)(H,56,67)(H,57,70)(H,58,69)(H,59,71)(H,63,64)(H,65,66)(H4,50,51,52)/t33-,34-,35-,36-,37-,38-/m0/s1. The normalized spacial score (nSPS) is 13.0. The van der Waals surface area contributed by atoms with Crippen molar-refractivity contribution < 1.29 is 68.3 Å². The van der Waals surface area contributed by atoms with Gasteiger partial charge in [-0.1, -0.05) is 78.9 Å². The van der Waals surface area contributed by atoms with Gasteiger partial charge in [0.05, 0.1) is 28.9 Å². The molecule has 0 unspecified atom stereocenters. The summed E-state index contributed by atoms with van der Waals surface area (Å²) in [7, 11) is 0. The number of anilines is 1. The second kappa shape index (κ2) is 29.7. The maximum Gasteiger partial charge on any atom is 0.305 e. The van der Waals surface area contributed by atoms with Crippen LogP contribution in [0.3, 0.4) is 0 Å². The number of amides is 7. The molecule has 28 nitrogen and oxygen atoms in total. The zero-order chi connectivity index (χ0) is 56.6. The van der Waals surface area contributed by atoms with Gasteiger partial charge in [-0.15, -0.1) is 0 Å². The number of aliphatic imine (C=N–C) groups is 1. The van der Waals surface area contributed by atoms with E-state index in [2.05, 4.69) is 36.9 Å². The Hall–Kier alpha value is -9.86. The summed E-state index contributed by atoms with van der Waals surface area (Å²) in [6.45, 7) is -1.21. The Morgan fingerprint density at radius 3 is 1.51 bits per heavy atom. The Labute approximate surface area is 437 Å². The summed E-state index contributed by atoms with van der Waals surface area (Å²) in [5.41, 5.74) is 10.0. The molecule has 4 aromatic rings. The fourth-order valence-corrected chi connectivity index (χ4v) is 7.31. The van der Waals surface area contributed by atoms with E-state index in [1.807, 2.05) is 5.32 Å². The number of aliphatic carboxylic acids is 2. The van der Waals surface area contributed by atoms with Crippen LogP contribution in [0, 0.1) is 20.2 Å². The lowest BCUT2D eigenvalue weighted by Crippen LogP contribution is -2.60. The molecule has 4 aromatic carbocycles. The van der Waals surface area contributed by atoms with Crippen molar-refractivity contribution in [1.29, 1.82) is 0 Å². The van der Waals surface area contributed by atoms with Crippen LogP contribution in [0.5, 0.6) is 0 Å². The van der Waals surface area contributed by atoms with Crippen LogP contribution in [-0.4, -0.2) is 134 Å². The third-order valence-corrected chi connectivity index (χ3v) is 11.2. The number of carbonyl (C=O) groups excluding carboxylic acids is 7. The smallest absolute Gasteiger partial charge is 0.305 e. The second-order valence-corrected chi connectivity index (χ2v) is 16.9. The third-order valence-electron chi connectivity index (χ3n) is 11.2. The lowest BCUT2D eigenvalue weighted by atomic mass is 10.0. The molecule has 0 aliphatic carbocycles. The number of carboxylic acid groups (broad SMARTS) is 2. The molecule has 0 radical (unpaired) electrons. The summed E-state index contributed by atoms with van der Waals surface area (Å²) in [5.74, 6) is -11.0. The van der Waals surface area contributed by atoms with Crippen molar-refractivity contribution in [1.82, 2.24) is 31.9 Å². The number of aliphatic hydroxyl groups is 1. The number of nitrogens with two attached hydrogens (primary N) is 2. The molecule has 0 fully saturated rings. The number of carbonyl (C=O) groups is 9. The van der Waals surface area contributed by atoms with E-state index in [1.165, 1.54) is 0 Å². The molecule has 0 bridgehead atoms. The molecule has 7 amide bonds. The number of benzene rings is 4. The lowest BCUT2D eigenvalue weighted by molar-refractivity contribution is -0.393. The van der Waals surface area contributed by atoms with Crippen LogP contribution in [0.2, 0.25) is 0 Å². The molecule has 0 heterocycles. The van der Waals surface area contributed by atoms with Gasteiger partial charge in [0.25, 0.3) is 17.3 Å². The number of nitro benzene ring substituents is 2. The zero-order valence-corrected chi connectivity index (χ0v) is 40.9. The number of hydrogen-bond acceptors (Lipinski definition) is 15. The molecule has 77 heavy (non-hydrogen) atoms. The predicted octanol–water partition coefficient (Wildman–Crippen LogP) is -0.465. The van der Waals surface area contributed by atoms with Gasteiger partial charge in [-0.25, -0.2) is 0 Å². The molecule has 4 rings (SSSR count). The number of hydrogen-bond donors (Lipinski definition) is 12. The molecular weight excluding hydrogens is 1010 g/mol. The van der Waals surface area contributed by atoms with E-state index in [0.29, 0.717) is 17.2 Å². The number of nitro groups is 2. The minimum Gasteiger partial charge on any atom is -0.481 e. The molecule has 0 aliphatic rings. The van der Waals surface area contributed by atoms with Crippen LogP contribution in [-0.2, 0) is 51.2 Å². The van der Waals surface area contributed by atoms with Crippen LogP contribution in [0.4, 0.5) is 17.1 Å². The average molecular weight is 1070 g/mol. The minimum absolute atomic E-state index is 0.00661. The van der Waals surface area contributed by atoms with Crippen LogP contribution in [0.25, 0.3) is 0 Å². The van der Waals surface area contributed by atoms with E-state index in [-0.39, 0.29) is 43.8 Å². The first-order chi connectivity index (χ1) is 36.6. The van der Waals surface area contributed by atoms with Gasteiger partial charge >= 0.3 is 11.9 Å². The van der Waals surface area contributed by atoms with E-state index in [4.69, 9.17) is 11.5 Å². The summed E-state index contributed by atoms with van der Waals surface area (Å²) >= 11 is 0. The maximum atomic E-state index is 14.2. The van der Waals surface area contributed by atoms with Crippen molar-refractivity contribution in [3.05, 3.63) is 146 Å². The molecule has 0 aliphatic heterocycles. The van der Waals surface area contributed by atoms with E-state index >= 15 is 0 Å². The summed E-state index contributed by atoms with van der Waals surface area (Å²) in [6, 6.07) is 17.1. The van der Waals surface area contributed by atoms with Gasteiger partial charge < -0.3 is 64.0 Å². The molecule has 0 aromatic heterocycles. The monoisotopic (exact) mass is 1070 g/mol. The first kappa shape index (κ1) is 59.7. The highest BCUT2D eigenvalue weighted by atomic mass is 16.6. The molecule has 14 N–H and O–H groups in total. The van der Waals surface area contributed by atoms with Crippen molar-refractivity contribution in [3.63, 3.8) is 0 Å². The third kappa shape index (κ3) is 19.8. The molecule has 6 atom stereocenters. The zero-order valence-electron chi connectivity index (χ0n) is 40.9. The fraction of sp³-hybridized carbons (Fsp3) is 0.306. The van der Waals surface area contributed by atoms with E-state index in [0.717, 1.165) is 12.1 Å². The highest BCUT2D eigenvalue weighted by Crippen LogP contribution is 2.29. The molecule has 0 saturated carbocycles. The molecule has 28 heteroatoms. The van der Waals surface area contributed by atoms with Crippen molar-refractivity contribution in [2.24, 2.45) is 16.5 Å². The van der Waals surface area contributed by atoms with Gasteiger partial charge in [0.2, 0.25) is 35.4 Å². The van der Waals surface area contributed by atoms with Gasteiger partial charge in [-0.2, -0.15) is 0 Å². The Morgan fingerprint density at radius 2 is 1.01 bits per heavy atom. The number of aliphatic hydroxyl groups excluding tert-OH is 1. The molecule has 408 valence electrons. The second-order valence-electron chi connectivity index (χ2n) is 16.9. The number of carboxylic acids is 2. The number of non-ortho nitro benzene ring substituents is 1. The van der Waals surface area contributed by atoms with E-state index < -0.39 is 142 Å². The topological polar surface area (TPSA) is 449 Å². The van der Waals surface area contributed by atoms with Gasteiger partial charge in [0.1, 0.15) is 41.9 Å². The van der Waals surface area contributed by atoms with Crippen molar-refractivity contribution in [2.75, 3.05) is 18.5 Å². The first-order valence-corrected chi connectivity index (χ1v) is 23.4. The Morgan fingerprint density at radius 1 is 0.545 bits per heavy atom. The van der Waals surface area contributed by atoms with Gasteiger partial charge in [-0.05, 0) is 48.6 Å². The van der Waals surface area contributed by atoms with Crippen molar-refractivity contribution in [2.45, 2.75) is 81.2 Å². The van der Waals surface area contributed by atoms with Gasteiger partial charge in [-0.3, -0.25) is 68.4 Å². The highest BCUT2D eigenvalue weighted by Gasteiger charge is 2.35. The lowest BCUT2D eigenvalue weighted by Gasteiger charge is -2.27. The maximum absolute atomic E-state index is 14.2. The summed E-state index contributed by atoms with van der Waals surface area (Å²) in [6.07, 6.45) is -3.23. The number of nitrogens with zero attached hydrogens (tertiary/aromatic N) is 3. The minimum atomic E-state index is -2.07. The first-order valence-electron chi connectivity index (χ1n) is 23.4. The number of guanidine groups is 1. The SMILES string of the molecule is NC(N)=NCCC[C@H](NC(=O)[C@H](CO)NC(=O)[C@H](Cc1ccccc1)NC(=O)[C@H](Cc1ccccc1)NC(=O)c1ccccc1)C(=O)N[C@@H](CCC(=O)O)C(=O)N[C@@H](CC(=O)O)C(=O)Nc1ccc([N+](=O)[O-])cc1[N+](=O)[O-]. The van der Waals surface area contributed by atoms with E-state index in [9.17, 15) is 78.7 Å². The largest absolute Gasteiger partial charge is 0.481 e. The summed E-state index contributed by atoms with van der Waals surface area (Å²) < 4.78 is 0. The van der Waals surface area contributed by atoms with Gasteiger partial charge in [0.15, 0.2) is 5.96 Å². The van der Waals surface area contributed by atoms with Crippen molar-refractivity contribution in [3.8, 4) is 0 Å². The van der Waals surface area contributed by atoms with Crippen LogP contribution in [0.1, 0.15) is 53.6 Å². The molecule has 0 saturated heterocycles. The fourth-order valence-electron chi connectivity index (χ4n) is 7.31. The number of nitrogens with one attached hydrogen (secondary N) is 7. The average Bonchev–Trinajstić information content (AvgIpc) is 3.40. The Kier molecular flexibility index (Phi) is 23.1. The molecular formula is C49H56N12O16. The van der Waals surface area contributed by atoms with Crippen LogP contribution >= 0.6 is 0 Å². The highest BCUT2D eigenvalue weighted by molar-refractivity contribution is 6.02.